The average Bonchev–Trinajstić information content (AvgIpc) is 1.43. The van der Waals surface area contributed by atoms with E-state index in [4.69, 9.17) is 33.2 Å². The van der Waals surface area contributed by atoms with Gasteiger partial charge < -0.3 is 70.4 Å². The normalized spacial score (nSPS) is 31.0. The van der Waals surface area contributed by atoms with Crippen LogP contribution >= 0.6 is 0 Å². The molecule has 0 aromatic carbocycles. The summed E-state index contributed by atoms with van der Waals surface area (Å²) < 4.78 is 39.5. The third kappa shape index (κ3) is 27.1. The molecule has 20 fully saturated rings. The summed E-state index contributed by atoms with van der Waals surface area (Å²) in [5, 5.41) is 24.0. The van der Waals surface area contributed by atoms with E-state index in [1.807, 2.05) is 0 Å². The minimum atomic E-state index is -0.111. The summed E-state index contributed by atoms with van der Waals surface area (Å²) in [6.45, 7) is 23.3. The zero-order valence-electron chi connectivity index (χ0n) is 67.2. The van der Waals surface area contributed by atoms with Gasteiger partial charge in [0.25, 0.3) is 0 Å². The van der Waals surface area contributed by atoms with E-state index in [1.165, 1.54) is 425 Å². The first-order valence-corrected chi connectivity index (χ1v) is 46.0. The highest BCUT2D eigenvalue weighted by Gasteiger charge is 2.43. The molecule has 598 valence electrons. The standard InChI is InChI=1S/2C10H19N.C10H18O.C9H18N2.C9H17NO.C9H17N.C9H16O.C8H15NO.C8H14O.C7H12O2/c2*1-2-4-10(5-3-1)6-8-11-9-7-10;1-2-6-10(7-3-1)8-4-5-9-11-10;1-2-4-9(3-1)5-6-10-8-11-7-9;1-5-10-6-2-9(1)3-7-11-8-4-9;1-2-4-9(3-1)5-7-10-8-6-9;1-2-6-9(5-1)7-3-4-8-10-9;1-2-4-8(3-1)7-9-5-6-10-8;1-2-5-8(4-1)6-3-7-9-8;1-2-4-7(3-1)8-5-6-9-7/h2*11H,1-9H2;1-9H2;10-11H,1-8H2;10H,1-8H2;10H,1-8H2;1-8H2;9H,1-7H2;1-7H2;1-6H2. The van der Waals surface area contributed by atoms with Gasteiger partial charge in [-0.15, -0.1) is 0 Å². The van der Waals surface area contributed by atoms with Gasteiger partial charge in [0.05, 0.1) is 42.2 Å². The number of nitrogens with one attached hydrogen (secondary N) is 7. The maximum absolute atomic E-state index is 5.91. The molecule has 0 aromatic heterocycles. The fourth-order valence-corrected chi connectivity index (χ4v) is 23.6. The summed E-state index contributed by atoms with van der Waals surface area (Å²) in [5.74, 6) is -0.111. The van der Waals surface area contributed by atoms with Crippen molar-refractivity contribution in [3.8, 4) is 0 Å². The molecule has 0 bridgehead atoms. The smallest absolute Gasteiger partial charge is 0.168 e. The monoisotopic (exact) mass is 1440 g/mol. The van der Waals surface area contributed by atoms with Gasteiger partial charge in [0.2, 0.25) is 0 Å². The van der Waals surface area contributed by atoms with Crippen LogP contribution in [0.15, 0.2) is 0 Å². The van der Waals surface area contributed by atoms with Crippen molar-refractivity contribution in [3.05, 3.63) is 0 Å². The van der Waals surface area contributed by atoms with Gasteiger partial charge in [0.15, 0.2) is 5.79 Å². The Hall–Kier alpha value is -0.560. The Labute approximate surface area is 632 Å². The summed E-state index contributed by atoms with van der Waals surface area (Å²) in [6, 6.07) is 0. The molecule has 0 aromatic rings. The molecular weight excluding hydrogens is 1280 g/mol. The summed E-state index contributed by atoms with van der Waals surface area (Å²) in [4.78, 5) is 0. The average molecular weight is 1450 g/mol. The van der Waals surface area contributed by atoms with E-state index in [-0.39, 0.29) is 11.4 Å². The van der Waals surface area contributed by atoms with Gasteiger partial charge in [0.1, 0.15) is 0 Å². The van der Waals surface area contributed by atoms with Crippen molar-refractivity contribution >= 4 is 0 Å². The van der Waals surface area contributed by atoms with Gasteiger partial charge in [-0.2, -0.15) is 0 Å². The van der Waals surface area contributed by atoms with Gasteiger partial charge >= 0.3 is 0 Å². The number of hydrogen-bond donors (Lipinski definition) is 7. The maximum atomic E-state index is 5.91. The zero-order chi connectivity index (χ0) is 70.8. The molecule has 0 unspecified atom stereocenters. The number of rotatable bonds is 0. The molecule has 10 spiro atoms. The minimum absolute atomic E-state index is 0.111. The lowest BCUT2D eigenvalue weighted by Crippen LogP contribution is -2.47. The molecule has 14 heteroatoms. The Bertz CT molecular complexity index is 1800. The predicted octanol–water partition coefficient (Wildman–Crippen LogP) is 18.5. The third-order valence-electron chi connectivity index (χ3n) is 30.6. The molecule has 9 saturated carbocycles. The Morgan fingerprint density at radius 3 is 0.825 bits per heavy atom. The molecule has 20 aliphatic rings. The predicted molar refractivity (Wildman–Crippen MR) is 425 cm³/mol. The van der Waals surface area contributed by atoms with Crippen LogP contribution in [-0.2, 0) is 33.2 Å². The van der Waals surface area contributed by atoms with Crippen molar-refractivity contribution in [1.82, 2.24) is 37.2 Å². The summed E-state index contributed by atoms with van der Waals surface area (Å²) in [7, 11) is 0. The first-order valence-electron chi connectivity index (χ1n) is 46.0. The van der Waals surface area contributed by atoms with E-state index in [9.17, 15) is 0 Å². The van der Waals surface area contributed by atoms with Crippen molar-refractivity contribution in [3.63, 3.8) is 0 Å². The minimum Gasteiger partial charge on any atom is -0.381 e. The molecule has 11 heterocycles. The van der Waals surface area contributed by atoms with Gasteiger partial charge in [0, 0.05) is 72.2 Å². The van der Waals surface area contributed by atoms with Crippen LogP contribution in [0.1, 0.15) is 372 Å². The molecule has 11 aliphatic heterocycles. The molecule has 0 atom stereocenters. The first kappa shape index (κ1) is 83.4. The van der Waals surface area contributed by atoms with Crippen molar-refractivity contribution < 1.29 is 33.2 Å². The van der Waals surface area contributed by atoms with Crippen molar-refractivity contribution in [2.24, 2.45) is 27.1 Å². The largest absolute Gasteiger partial charge is 0.381 e. The van der Waals surface area contributed by atoms with Crippen molar-refractivity contribution in [2.45, 2.75) is 401 Å². The molecule has 20 rings (SSSR count). The molecule has 14 nitrogen and oxygen atoms in total. The van der Waals surface area contributed by atoms with Crippen molar-refractivity contribution in [2.75, 3.05) is 138 Å². The van der Waals surface area contributed by atoms with Gasteiger partial charge in [-0.05, 0) is 324 Å². The topological polar surface area (TPSA) is 149 Å². The second-order valence-corrected chi connectivity index (χ2v) is 37.8. The third-order valence-corrected chi connectivity index (χ3v) is 30.6. The summed E-state index contributed by atoms with van der Waals surface area (Å²) in [6.07, 6.45) is 81.1. The quantitative estimate of drug-likeness (QED) is 0.123. The Morgan fingerprint density at radius 2 is 0.447 bits per heavy atom. The molecule has 7 N–H and O–H groups in total. The lowest BCUT2D eigenvalue weighted by Gasteiger charge is -2.40. The Kier molecular flexibility index (Phi) is 35.6. The zero-order valence-corrected chi connectivity index (χ0v) is 67.2. The molecule has 9 aliphatic carbocycles. The second-order valence-electron chi connectivity index (χ2n) is 37.8. The SMILES string of the molecule is C1CC2(CCN1)CCOCC2.C1CCC2(C1)CCCO2.C1CCC2(C1)CCNCC2.C1CCC2(C1)CCNCNC2.C1CCC2(C1)CNCCO2.C1CCC2(C1)OCCO2.C1CCC2(CC1)CCCCO2.C1CCC2(CC1)CCNCC2.C1CCC2(CC1)CCNCC2.C1CCC2(CCCC2)OC1. The highest BCUT2D eigenvalue weighted by atomic mass is 16.7. The van der Waals surface area contributed by atoms with Gasteiger partial charge in [-0.25, -0.2) is 0 Å². The van der Waals surface area contributed by atoms with Crippen LogP contribution in [0.3, 0.4) is 0 Å². The van der Waals surface area contributed by atoms with Gasteiger partial charge in [-0.3, -0.25) is 0 Å². The molecular formula is C89H165N7O7. The van der Waals surface area contributed by atoms with Crippen LogP contribution in [-0.4, -0.2) is 166 Å². The molecule has 103 heavy (non-hydrogen) atoms. The lowest BCUT2D eigenvalue weighted by atomic mass is 9.68. The van der Waals surface area contributed by atoms with E-state index in [0.717, 1.165) is 102 Å². The van der Waals surface area contributed by atoms with Crippen LogP contribution < -0.4 is 37.2 Å². The number of morpholine rings is 1. The molecule has 0 radical (unpaired) electrons. The molecule has 0 amide bonds. The Balaban J connectivity index is 0.000000115. The van der Waals surface area contributed by atoms with E-state index < -0.39 is 0 Å². The van der Waals surface area contributed by atoms with Crippen molar-refractivity contribution in [1.29, 1.82) is 0 Å². The maximum Gasteiger partial charge on any atom is 0.168 e. The number of hydrogen-bond acceptors (Lipinski definition) is 14. The summed E-state index contributed by atoms with van der Waals surface area (Å²) in [5.41, 5.74) is 5.14. The van der Waals surface area contributed by atoms with E-state index in [1.54, 1.807) is 0 Å². The van der Waals surface area contributed by atoms with E-state index in [2.05, 4.69) is 37.2 Å². The highest BCUT2D eigenvalue weighted by Crippen LogP contribution is 2.48. The molecule has 11 saturated heterocycles. The van der Waals surface area contributed by atoms with Gasteiger partial charge in [-0.1, -0.05) is 122 Å². The lowest BCUT2D eigenvalue weighted by molar-refractivity contribution is -0.150. The van der Waals surface area contributed by atoms with Crippen LogP contribution in [0.5, 0.6) is 0 Å². The van der Waals surface area contributed by atoms with Crippen LogP contribution in [0.2, 0.25) is 0 Å². The fourth-order valence-electron chi connectivity index (χ4n) is 23.6. The van der Waals surface area contributed by atoms with Crippen LogP contribution in [0.25, 0.3) is 0 Å². The number of piperidine rings is 4. The van der Waals surface area contributed by atoms with E-state index >= 15 is 0 Å². The first-order chi connectivity index (χ1) is 50.6. The Morgan fingerprint density at radius 1 is 0.155 bits per heavy atom. The second kappa shape index (κ2) is 44.0. The fraction of sp³-hybridized carbons (Fsp3) is 1.00. The highest BCUT2D eigenvalue weighted by molar-refractivity contribution is 4.95. The number of ether oxygens (including phenoxy) is 7. The van der Waals surface area contributed by atoms with E-state index in [0.29, 0.717) is 27.6 Å². The van der Waals surface area contributed by atoms with Crippen LogP contribution in [0.4, 0.5) is 0 Å². The van der Waals surface area contributed by atoms with Crippen LogP contribution in [0, 0.1) is 27.1 Å². The summed E-state index contributed by atoms with van der Waals surface area (Å²) >= 11 is 0.